The number of rotatable bonds is 6. The fraction of sp³-hybridized carbons (Fsp3) is 0.158. The summed E-state index contributed by atoms with van der Waals surface area (Å²) in [7, 11) is -3.73. The van der Waals surface area contributed by atoms with Gasteiger partial charge in [-0.3, -0.25) is 9.52 Å². The number of carbonyl (C=O) groups is 1. The lowest BCUT2D eigenvalue weighted by atomic mass is 10.3. The summed E-state index contributed by atoms with van der Waals surface area (Å²) in [4.78, 5) is 18.3. The average Bonchev–Trinajstić information content (AvgIpc) is 3.34. The van der Waals surface area contributed by atoms with Crippen LogP contribution in [0.4, 0.5) is 10.8 Å². The number of benzene rings is 2. The van der Waals surface area contributed by atoms with E-state index in [4.69, 9.17) is 16.3 Å². The maximum Gasteiger partial charge on any atom is 0.268 e. The van der Waals surface area contributed by atoms with Gasteiger partial charge < -0.3 is 9.64 Å². The number of hydrogen-bond acceptors (Lipinski definition) is 6. The van der Waals surface area contributed by atoms with Gasteiger partial charge in [0.05, 0.1) is 4.90 Å². The van der Waals surface area contributed by atoms with Crippen LogP contribution in [0, 0.1) is 0 Å². The number of anilines is 2. The Balaban J connectivity index is 0.00000256. The van der Waals surface area contributed by atoms with Gasteiger partial charge in [0.1, 0.15) is 5.75 Å². The highest BCUT2D eigenvalue weighted by Gasteiger charge is 2.34. The van der Waals surface area contributed by atoms with Crippen molar-refractivity contribution in [3.05, 3.63) is 65.1 Å². The molecule has 0 saturated carbocycles. The molecule has 1 fully saturated rings. The molecule has 0 spiro atoms. The number of hydrogen-bond donors (Lipinski definition) is 1. The molecule has 3 aromatic rings. The van der Waals surface area contributed by atoms with Crippen molar-refractivity contribution in [2.24, 2.45) is 0 Å². The van der Waals surface area contributed by atoms with Gasteiger partial charge in [-0.25, -0.2) is 13.4 Å². The van der Waals surface area contributed by atoms with Crippen LogP contribution in [0.15, 0.2) is 65.0 Å². The van der Waals surface area contributed by atoms with Gasteiger partial charge >= 0.3 is 0 Å². The lowest BCUT2D eigenvalue weighted by Crippen LogP contribution is -2.32. The van der Waals surface area contributed by atoms with Gasteiger partial charge in [0.25, 0.3) is 15.9 Å². The molecule has 1 aliphatic rings. The van der Waals surface area contributed by atoms with E-state index in [1.807, 2.05) is 0 Å². The van der Waals surface area contributed by atoms with Gasteiger partial charge in [-0.1, -0.05) is 11.6 Å². The molecular formula is C19H18ClN3O4S2. The molecule has 0 bridgehead atoms. The topological polar surface area (TPSA) is 88.6 Å². The van der Waals surface area contributed by atoms with Crippen LogP contribution in [0.5, 0.6) is 5.75 Å². The smallest absolute Gasteiger partial charge is 0.268 e. The molecule has 7 nitrogen and oxygen atoms in total. The van der Waals surface area contributed by atoms with Gasteiger partial charge in [-0.2, -0.15) is 0 Å². The number of nitrogens with zero attached hydrogens (tertiary/aromatic N) is 2. The zero-order valence-electron chi connectivity index (χ0n) is 15.0. The van der Waals surface area contributed by atoms with Gasteiger partial charge in [-0.15, -0.1) is 11.3 Å². The van der Waals surface area contributed by atoms with Gasteiger partial charge in [0, 0.05) is 36.7 Å². The van der Waals surface area contributed by atoms with Gasteiger partial charge in [0.2, 0.25) is 0 Å². The first kappa shape index (κ1) is 19.7. The largest absolute Gasteiger partial charge is 0.481 e. The first-order valence-corrected chi connectivity index (χ1v) is 11.4. The summed E-state index contributed by atoms with van der Waals surface area (Å²) in [6, 6.07) is 13.0. The Kier molecular flexibility index (Phi) is 5.44. The van der Waals surface area contributed by atoms with Crippen LogP contribution in [0.2, 0.25) is 5.02 Å². The minimum Gasteiger partial charge on any atom is -0.481 e. The summed E-state index contributed by atoms with van der Waals surface area (Å²) in [5, 5.41) is 2.57. The molecule has 29 heavy (non-hydrogen) atoms. The van der Waals surface area contributed by atoms with E-state index in [-0.39, 0.29) is 12.2 Å². The van der Waals surface area contributed by atoms with E-state index in [1.165, 1.54) is 29.7 Å². The molecule has 1 aromatic heterocycles. The monoisotopic (exact) mass is 451 g/mol. The third-order valence-electron chi connectivity index (χ3n) is 4.36. The SMILES string of the molecule is O=C1C(Oc2ccc(Cl)cc2)CCN1c1ccc(S(=O)(=O)Nc2nccs2)cc1.[HH]. The minimum absolute atomic E-state index is 0. The van der Waals surface area contributed by atoms with Crippen molar-refractivity contribution in [2.75, 3.05) is 16.2 Å². The van der Waals surface area contributed by atoms with Crippen molar-refractivity contribution in [2.45, 2.75) is 17.4 Å². The van der Waals surface area contributed by atoms with Crippen molar-refractivity contribution in [3.8, 4) is 5.75 Å². The van der Waals surface area contributed by atoms with Crippen LogP contribution in [0.3, 0.4) is 0 Å². The van der Waals surface area contributed by atoms with Crippen LogP contribution in [-0.4, -0.2) is 32.0 Å². The van der Waals surface area contributed by atoms with E-state index >= 15 is 0 Å². The second kappa shape index (κ2) is 8.02. The molecule has 152 valence electrons. The molecule has 0 aliphatic carbocycles. The Morgan fingerprint density at radius 1 is 1.17 bits per heavy atom. The summed E-state index contributed by atoms with van der Waals surface area (Å²) in [5.41, 5.74) is 0.616. The van der Waals surface area contributed by atoms with Crippen LogP contribution in [-0.2, 0) is 14.8 Å². The number of carbonyl (C=O) groups excluding carboxylic acids is 1. The number of ether oxygens (including phenoxy) is 1. The van der Waals surface area contributed by atoms with Crippen molar-refractivity contribution >= 4 is 49.7 Å². The Labute approximate surface area is 178 Å². The quantitative estimate of drug-likeness (QED) is 0.611. The first-order chi connectivity index (χ1) is 13.9. The zero-order chi connectivity index (χ0) is 20.4. The number of aromatic nitrogens is 1. The molecule has 1 atom stereocenters. The van der Waals surface area contributed by atoms with Crippen LogP contribution >= 0.6 is 22.9 Å². The molecule has 2 heterocycles. The van der Waals surface area contributed by atoms with Crippen LogP contribution in [0.25, 0.3) is 0 Å². The van der Waals surface area contributed by atoms with Gasteiger partial charge in [0.15, 0.2) is 11.2 Å². The fourth-order valence-corrected chi connectivity index (χ4v) is 4.86. The number of sulfonamides is 1. The summed E-state index contributed by atoms with van der Waals surface area (Å²) >= 11 is 7.06. The number of halogens is 1. The minimum atomic E-state index is -3.73. The molecule has 1 unspecified atom stereocenters. The van der Waals surface area contributed by atoms with E-state index in [1.54, 1.807) is 46.7 Å². The third-order valence-corrected chi connectivity index (χ3v) is 6.79. The van der Waals surface area contributed by atoms with Crippen molar-refractivity contribution in [1.82, 2.24) is 4.98 Å². The van der Waals surface area contributed by atoms with Crippen LogP contribution < -0.4 is 14.4 Å². The van der Waals surface area contributed by atoms with E-state index in [9.17, 15) is 13.2 Å². The molecule has 4 rings (SSSR count). The van der Waals surface area contributed by atoms with Crippen molar-refractivity contribution < 1.29 is 19.4 Å². The lowest BCUT2D eigenvalue weighted by molar-refractivity contribution is -0.122. The third kappa shape index (κ3) is 4.36. The summed E-state index contributed by atoms with van der Waals surface area (Å²) in [5.74, 6) is 0.403. The van der Waals surface area contributed by atoms with E-state index in [0.717, 1.165) is 0 Å². The molecule has 1 amide bonds. The summed E-state index contributed by atoms with van der Waals surface area (Å²) in [6.07, 6.45) is 1.46. The van der Waals surface area contributed by atoms with Crippen LogP contribution in [0.1, 0.15) is 7.85 Å². The van der Waals surface area contributed by atoms with E-state index in [0.29, 0.717) is 34.6 Å². The van der Waals surface area contributed by atoms with Gasteiger partial charge in [-0.05, 0) is 48.5 Å². The lowest BCUT2D eigenvalue weighted by Gasteiger charge is -2.18. The standard InChI is InChI=1S/C19H16ClN3O4S2.H2/c20-13-1-5-15(6-2-13)27-17-9-11-23(18(17)24)14-3-7-16(8-4-14)29(25,26)22-19-21-10-12-28-19;/h1-8,10,12,17H,9,11H2,(H,21,22);1H. The highest BCUT2D eigenvalue weighted by molar-refractivity contribution is 7.93. The molecule has 1 aliphatic heterocycles. The second-order valence-electron chi connectivity index (χ2n) is 6.28. The molecular weight excluding hydrogens is 434 g/mol. The average molecular weight is 452 g/mol. The number of thiazole rings is 1. The number of amides is 1. The Morgan fingerprint density at radius 2 is 1.90 bits per heavy atom. The van der Waals surface area contributed by atoms with Crippen molar-refractivity contribution in [1.29, 1.82) is 0 Å². The summed E-state index contributed by atoms with van der Waals surface area (Å²) < 4.78 is 33.0. The molecule has 0 radical (unpaired) electrons. The molecule has 10 heteroatoms. The highest BCUT2D eigenvalue weighted by Crippen LogP contribution is 2.27. The summed E-state index contributed by atoms with van der Waals surface area (Å²) in [6.45, 7) is 0.487. The second-order valence-corrected chi connectivity index (χ2v) is 9.29. The number of nitrogens with one attached hydrogen (secondary N) is 1. The van der Waals surface area contributed by atoms with E-state index in [2.05, 4.69) is 9.71 Å². The first-order valence-electron chi connectivity index (χ1n) is 8.68. The predicted octanol–water partition coefficient (Wildman–Crippen LogP) is 4.03. The Bertz CT molecular complexity index is 1110. The normalized spacial score (nSPS) is 16.8. The molecule has 2 aromatic carbocycles. The molecule has 1 saturated heterocycles. The Morgan fingerprint density at radius 3 is 2.55 bits per heavy atom. The van der Waals surface area contributed by atoms with Crippen molar-refractivity contribution in [3.63, 3.8) is 0 Å². The predicted molar refractivity (Wildman–Crippen MR) is 114 cm³/mol. The fourth-order valence-electron chi connectivity index (χ4n) is 2.95. The molecule has 1 N–H and O–H groups in total. The Hall–Kier alpha value is -2.62. The highest BCUT2D eigenvalue weighted by atomic mass is 35.5. The zero-order valence-corrected chi connectivity index (χ0v) is 17.4. The van der Waals surface area contributed by atoms with E-state index < -0.39 is 16.1 Å². The maximum atomic E-state index is 12.7. The maximum absolute atomic E-state index is 12.7.